The van der Waals surface area contributed by atoms with Gasteiger partial charge in [-0.1, -0.05) is 19.9 Å². The molecule has 6 heterocycles. The monoisotopic (exact) mass is 477 g/mol. The molecule has 1 N–H and O–H groups in total. The zero-order valence-electron chi connectivity index (χ0n) is 21.4. The Bertz CT molecular complexity index is 1220. The molecule has 7 heteroatoms. The van der Waals surface area contributed by atoms with E-state index in [-0.39, 0.29) is 28.7 Å². The van der Waals surface area contributed by atoms with Gasteiger partial charge >= 0.3 is 0 Å². The van der Waals surface area contributed by atoms with E-state index >= 15 is 0 Å². The van der Waals surface area contributed by atoms with E-state index in [1.165, 1.54) is 0 Å². The van der Waals surface area contributed by atoms with Crippen molar-refractivity contribution in [1.82, 2.24) is 9.80 Å². The molecule has 35 heavy (non-hydrogen) atoms. The van der Waals surface area contributed by atoms with Gasteiger partial charge in [0.15, 0.2) is 11.5 Å². The quantitative estimate of drug-likeness (QED) is 0.615. The number of amides is 2. The maximum Gasteiger partial charge on any atom is 0.243 e. The molecule has 1 saturated carbocycles. The number of carbonyl (C=O) groups excluding carboxylic acids is 2. The van der Waals surface area contributed by atoms with Crippen molar-refractivity contribution in [2.24, 2.45) is 11.3 Å². The number of ether oxygens (including phenoxy) is 2. The van der Waals surface area contributed by atoms with Crippen LogP contribution >= 0.6 is 0 Å². The Hall–Kier alpha value is -2.54. The van der Waals surface area contributed by atoms with Crippen molar-refractivity contribution in [2.45, 2.75) is 81.9 Å². The fraction of sp³-hybridized carbons (Fsp3) is 0.643. The van der Waals surface area contributed by atoms with E-state index in [9.17, 15) is 9.59 Å². The summed E-state index contributed by atoms with van der Waals surface area (Å²) in [6.07, 6.45) is 8.18. The summed E-state index contributed by atoms with van der Waals surface area (Å²) < 4.78 is 12.3. The Balaban J connectivity index is 1.41. The van der Waals surface area contributed by atoms with Crippen molar-refractivity contribution in [3.63, 3.8) is 0 Å². The molecule has 186 valence electrons. The summed E-state index contributed by atoms with van der Waals surface area (Å²) in [5, 5.41) is 3.23. The number of hydrogen-bond acceptors (Lipinski definition) is 5. The average molecular weight is 478 g/mol. The first-order chi connectivity index (χ1) is 16.5. The summed E-state index contributed by atoms with van der Waals surface area (Å²) in [7, 11) is 1.99. The summed E-state index contributed by atoms with van der Waals surface area (Å²) in [6, 6.07) is 4.02. The van der Waals surface area contributed by atoms with E-state index in [4.69, 9.17) is 9.47 Å². The normalized spacial score (nSPS) is 39.8. The predicted octanol–water partition coefficient (Wildman–Crippen LogP) is 3.83. The molecule has 8 rings (SSSR count). The van der Waals surface area contributed by atoms with Gasteiger partial charge in [-0.05, 0) is 81.5 Å². The molecule has 0 aromatic heterocycles. The largest absolute Gasteiger partial charge is 0.480 e. The van der Waals surface area contributed by atoms with Gasteiger partial charge in [-0.2, -0.15) is 0 Å². The number of fused-ring (bicyclic) bond motifs is 5. The van der Waals surface area contributed by atoms with Gasteiger partial charge in [0.1, 0.15) is 11.1 Å². The Kier molecular flexibility index (Phi) is 3.86. The number of likely N-dealkylation sites (N-methyl/N-ethyl adjacent to an activating group) is 1. The molecule has 5 fully saturated rings. The number of nitrogens with one attached hydrogen (secondary N) is 1. The lowest BCUT2D eigenvalue weighted by Crippen LogP contribution is -2.80. The molecule has 3 spiro atoms. The summed E-state index contributed by atoms with van der Waals surface area (Å²) in [5.74, 6) is 1.72. The minimum absolute atomic E-state index is 0.0190. The third-order valence-corrected chi connectivity index (χ3v) is 10.7. The maximum absolute atomic E-state index is 14.1. The second-order valence-corrected chi connectivity index (χ2v) is 12.8. The Morgan fingerprint density at radius 2 is 1.91 bits per heavy atom. The SMILES string of the molecule is CN1C(=O)[C@@]23CCCCN2C[C@]12C[C@@]1(C(=O)Nc4c1ccc1c4OC=CC(C)(C)O1)C(C)(C)[C@H]2C3. The van der Waals surface area contributed by atoms with Crippen molar-refractivity contribution in [2.75, 3.05) is 25.5 Å². The van der Waals surface area contributed by atoms with Crippen LogP contribution in [0.3, 0.4) is 0 Å². The van der Waals surface area contributed by atoms with Crippen molar-refractivity contribution in [1.29, 1.82) is 0 Å². The first-order valence-electron chi connectivity index (χ1n) is 13.0. The fourth-order valence-corrected chi connectivity index (χ4v) is 8.90. The minimum Gasteiger partial charge on any atom is -0.480 e. The molecule has 1 aromatic rings. The molecule has 7 nitrogen and oxygen atoms in total. The van der Waals surface area contributed by atoms with Crippen LogP contribution < -0.4 is 14.8 Å². The topological polar surface area (TPSA) is 71.1 Å². The lowest BCUT2D eigenvalue weighted by molar-refractivity contribution is -0.196. The fourth-order valence-electron chi connectivity index (χ4n) is 8.90. The zero-order valence-corrected chi connectivity index (χ0v) is 21.4. The number of piperazine rings is 1. The van der Waals surface area contributed by atoms with Crippen molar-refractivity contribution in [3.05, 3.63) is 30.0 Å². The smallest absolute Gasteiger partial charge is 0.243 e. The first-order valence-corrected chi connectivity index (χ1v) is 13.0. The Morgan fingerprint density at radius 1 is 1.11 bits per heavy atom. The van der Waals surface area contributed by atoms with Gasteiger partial charge in [0.05, 0.1) is 22.9 Å². The molecule has 0 unspecified atom stereocenters. The number of nitrogens with zero attached hydrogens (tertiary/aromatic N) is 2. The van der Waals surface area contributed by atoms with Crippen LogP contribution in [0.5, 0.6) is 11.5 Å². The van der Waals surface area contributed by atoms with Gasteiger partial charge in [0, 0.05) is 13.6 Å². The van der Waals surface area contributed by atoms with E-state index in [1.807, 2.05) is 33.0 Å². The first kappa shape index (κ1) is 21.7. The standard InChI is InChI=1S/C28H35N3O4/c1-24(2)11-13-34-21-18(35-24)9-8-17-20(21)29-22(32)28(17)15-27-16-31-12-7-6-10-26(31,23(33)30(27)5)14-19(27)25(28,3)4/h8-9,11,13,19H,6-7,10,12,14-16H2,1-5H3,(H,29,32)/t19-,26+,27+,28-/m1/s1. The van der Waals surface area contributed by atoms with Crippen molar-refractivity contribution in [3.8, 4) is 11.5 Å². The van der Waals surface area contributed by atoms with Crippen LogP contribution in [0.15, 0.2) is 24.5 Å². The second kappa shape index (κ2) is 6.23. The van der Waals surface area contributed by atoms with Crippen molar-refractivity contribution >= 4 is 17.5 Å². The highest BCUT2D eigenvalue weighted by Gasteiger charge is 2.79. The van der Waals surface area contributed by atoms with Gasteiger partial charge < -0.3 is 19.7 Å². The highest BCUT2D eigenvalue weighted by atomic mass is 16.5. The van der Waals surface area contributed by atoms with Gasteiger partial charge in [-0.15, -0.1) is 0 Å². The number of hydrogen-bond donors (Lipinski definition) is 1. The third kappa shape index (κ3) is 2.28. The molecular formula is C28H35N3O4. The minimum atomic E-state index is -0.744. The Morgan fingerprint density at radius 3 is 2.71 bits per heavy atom. The molecule has 0 radical (unpaired) electrons. The maximum atomic E-state index is 14.1. The van der Waals surface area contributed by atoms with Gasteiger partial charge in [0.2, 0.25) is 11.8 Å². The molecular weight excluding hydrogens is 442 g/mol. The summed E-state index contributed by atoms with van der Waals surface area (Å²) >= 11 is 0. The Labute approximate surface area is 206 Å². The van der Waals surface area contributed by atoms with Crippen LogP contribution in [0, 0.1) is 11.3 Å². The van der Waals surface area contributed by atoms with Crippen LogP contribution in [0.4, 0.5) is 5.69 Å². The summed E-state index contributed by atoms with van der Waals surface area (Å²) in [4.78, 5) is 32.5. The summed E-state index contributed by atoms with van der Waals surface area (Å²) in [6.45, 7) is 10.3. The highest BCUT2D eigenvalue weighted by molar-refractivity contribution is 6.09. The number of benzene rings is 1. The second-order valence-electron chi connectivity index (χ2n) is 12.8. The molecule has 2 bridgehead atoms. The van der Waals surface area contributed by atoms with Gasteiger partial charge in [0.25, 0.3) is 0 Å². The number of carbonyl (C=O) groups is 2. The van der Waals surface area contributed by atoms with E-state index in [0.29, 0.717) is 17.9 Å². The molecule has 7 aliphatic rings. The van der Waals surface area contributed by atoms with E-state index < -0.39 is 16.6 Å². The highest BCUT2D eigenvalue weighted by Crippen LogP contribution is 2.72. The van der Waals surface area contributed by atoms with Gasteiger partial charge in [-0.3, -0.25) is 14.5 Å². The van der Waals surface area contributed by atoms with Crippen LogP contribution in [0.25, 0.3) is 0 Å². The molecule has 4 atom stereocenters. The zero-order chi connectivity index (χ0) is 24.6. The average Bonchev–Trinajstić information content (AvgIpc) is 3.12. The lowest BCUT2D eigenvalue weighted by Gasteiger charge is -2.67. The molecule has 2 amide bonds. The van der Waals surface area contributed by atoms with E-state index in [2.05, 4.69) is 35.0 Å². The van der Waals surface area contributed by atoms with Crippen molar-refractivity contribution < 1.29 is 19.1 Å². The van der Waals surface area contributed by atoms with Crippen LogP contribution in [0.1, 0.15) is 65.4 Å². The number of piperidine rings is 3. The third-order valence-electron chi connectivity index (χ3n) is 10.7. The van der Waals surface area contributed by atoms with Crippen LogP contribution in [-0.2, 0) is 15.0 Å². The molecule has 4 saturated heterocycles. The van der Waals surface area contributed by atoms with Gasteiger partial charge in [-0.25, -0.2) is 0 Å². The van der Waals surface area contributed by atoms with E-state index in [1.54, 1.807) is 6.26 Å². The molecule has 6 aliphatic heterocycles. The number of rotatable bonds is 0. The summed E-state index contributed by atoms with van der Waals surface area (Å²) in [5.41, 5.74) is -0.657. The van der Waals surface area contributed by atoms with E-state index in [0.717, 1.165) is 50.0 Å². The predicted molar refractivity (Wildman–Crippen MR) is 131 cm³/mol. The van der Waals surface area contributed by atoms with Crippen LogP contribution in [0.2, 0.25) is 0 Å². The lowest BCUT2D eigenvalue weighted by atomic mass is 9.56. The molecule has 1 aliphatic carbocycles. The van der Waals surface area contributed by atoms with Crippen LogP contribution in [-0.4, -0.2) is 58.4 Å². The molecule has 1 aromatic carbocycles. The number of anilines is 1.